The number of hydrogen-bond donors (Lipinski definition) is 0. The fourth-order valence-corrected chi connectivity index (χ4v) is 3.52. The molecule has 0 radical (unpaired) electrons. The van der Waals surface area contributed by atoms with E-state index in [1.165, 1.54) is 22.3 Å². The van der Waals surface area contributed by atoms with E-state index in [4.69, 9.17) is 0 Å². The van der Waals surface area contributed by atoms with Crippen molar-refractivity contribution in [2.24, 2.45) is 0 Å². The molecule has 120 valence electrons. The van der Waals surface area contributed by atoms with Crippen molar-refractivity contribution in [1.82, 2.24) is 0 Å². The van der Waals surface area contributed by atoms with Crippen LogP contribution >= 0.6 is 31.9 Å². The predicted octanol–water partition coefficient (Wildman–Crippen LogP) is 7.56. The van der Waals surface area contributed by atoms with Crippen molar-refractivity contribution >= 4 is 37.4 Å². The zero-order valence-electron chi connectivity index (χ0n) is 13.7. The Morgan fingerprint density at radius 3 is 2.00 bits per heavy atom. The van der Waals surface area contributed by atoms with Crippen molar-refractivity contribution < 1.29 is 0 Å². The van der Waals surface area contributed by atoms with Crippen molar-refractivity contribution in [3.05, 3.63) is 98.4 Å². The molecular weight excluding hydrogens is 424 g/mol. The van der Waals surface area contributed by atoms with Crippen LogP contribution in [0, 0.1) is 13.8 Å². The highest BCUT2D eigenvalue weighted by Crippen LogP contribution is 2.36. The molecule has 0 unspecified atom stereocenters. The molecule has 2 heteroatoms. The molecule has 0 amide bonds. The zero-order valence-corrected chi connectivity index (χ0v) is 16.9. The monoisotopic (exact) mass is 440 g/mol. The van der Waals surface area contributed by atoms with E-state index in [2.05, 4.69) is 113 Å². The Hall–Kier alpha value is -1.64. The van der Waals surface area contributed by atoms with Crippen LogP contribution in [-0.4, -0.2) is 0 Å². The molecule has 0 aromatic heterocycles. The van der Waals surface area contributed by atoms with Crippen LogP contribution in [0.15, 0.2) is 76.2 Å². The molecule has 0 saturated carbocycles. The Balaban J connectivity index is 2.17. The summed E-state index contributed by atoms with van der Waals surface area (Å²) in [6, 6.07) is 21.3. The number of hydrogen-bond acceptors (Lipinski definition) is 0. The molecule has 0 heterocycles. The van der Waals surface area contributed by atoms with Gasteiger partial charge in [-0.05, 0) is 71.5 Å². The minimum Gasteiger partial charge on any atom is -0.0905 e. The van der Waals surface area contributed by atoms with Gasteiger partial charge < -0.3 is 0 Å². The van der Waals surface area contributed by atoms with Crippen LogP contribution in [0.25, 0.3) is 16.7 Å². The average Bonchev–Trinajstić information content (AvgIpc) is 2.57. The molecule has 0 aliphatic rings. The summed E-state index contributed by atoms with van der Waals surface area (Å²) in [5, 5.41) is 0. The van der Waals surface area contributed by atoms with Gasteiger partial charge in [0.25, 0.3) is 0 Å². The Kier molecular flexibility index (Phi) is 5.07. The van der Waals surface area contributed by atoms with Gasteiger partial charge in [-0.2, -0.15) is 0 Å². The molecular formula is C22H18Br2. The van der Waals surface area contributed by atoms with Gasteiger partial charge in [0, 0.05) is 8.95 Å². The first-order chi connectivity index (χ1) is 11.5. The Morgan fingerprint density at radius 1 is 0.750 bits per heavy atom. The summed E-state index contributed by atoms with van der Waals surface area (Å²) in [5.74, 6) is 0. The van der Waals surface area contributed by atoms with E-state index in [1.54, 1.807) is 0 Å². The van der Waals surface area contributed by atoms with Gasteiger partial charge in [-0.3, -0.25) is 0 Å². The summed E-state index contributed by atoms with van der Waals surface area (Å²) in [7, 11) is 0. The summed E-state index contributed by atoms with van der Waals surface area (Å²) in [4.78, 5) is 0. The average molecular weight is 442 g/mol. The molecule has 0 saturated heterocycles. The van der Waals surface area contributed by atoms with Gasteiger partial charge in [0.15, 0.2) is 0 Å². The lowest BCUT2D eigenvalue weighted by molar-refractivity contribution is 1.42. The van der Waals surface area contributed by atoms with Crippen molar-refractivity contribution in [3.8, 4) is 11.1 Å². The second-order valence-electron chi connectivity index (χ2n) is 5.99. The van der Waals surface area contributed by atoms with Gasteiger partial charge >= 0.3 is 0 Å². The maximum atomic E-state index is 4.37. The molecule has 0 bridgehead atoms. The van der Waals surface area contributed by atoms with Crippen LogP contribution in [-0.2, 0) is 0 Å². The lowest BCUT2D eigenvalue weighted by atomic mass is 9.90. The normalized spacial score (nSPS) is 10.7. The van der Waals surface area contributed by atoms with Gasteiger partial charge in [-0.25, -0.2) is 0 Å². The van der Waals surface area contributed by atoms with Crippen LogP contribution in [0.2, 0.25) is 0 Å². The maximum Gasteiger partial charge on any atom is 0.0181 e. The van der Waals surface area contributed by atoms with Crippen LogP contribution in [0.3, 0.4) is 0 Å². The topological polar surface area (TPSA) is 0 Å². The first-order valence-corrected chi connectivity index (χ1v) is 9.36. The van der Waals surface area contributed by atoms with E-state index in [0.29, 0.717) is 0 Å². The van der Waals surface area contributed by atoms with Gasteiger partial charge in [-0.15, -0.1) is 0 Å². The summed E-state index contributed by atoms with van der Waals surface area (Å²) >= 11 is 7.20. The quantitative estimate of drug-likeness (QED) is 0.393. The van der Waals surface area contributed by atoms with Crippen molar-refractivity contribution in [2.75, 3.05) is 0 Å². The fourth-order valence-electron chi connectivity index (χ4n) is 2.80. The molecule has 0 N–H and O–H groups in total. The van der Waals surface area contributed by atoms with Gasteiger partial charge in [0.1, 0.15) is 0 Å². The lowest BCUT2D eigenvalue weighted by Crippen LogP contribution is -1.93. The molecule has 3 aromatic carbocycles. The highest BCUT2D eigenvalue weighted by molar-refractivity contribution is 9.10. The zero-order chi connectivity index (χ0) is 17.3. The van der Waals surface area contributed by atoms with Crippen LogP contribution in [0.5, 0.6) is 0 Å². The van der Waals surface area contributed by atoms with Crippen LogP contribution < -0.4 is 0 Å². The second-order valence-corrected chi connectivity index (χ2v) is 7.83. The molecule has 0 nitrogen and oxygen atoms in total. The molecule has 0 aliphatic carbocycles. The highest BCUT2D eigenvalue weighted by atomic mass is 79.9. The van der Waals surface area contributed by atoms with Crippen molar-refractivity contribution in [2.45, 2.75) is 13.8 Å². The van der Waals surface area contributed by atoms with Gasteiger partial charge in [-0.1, -0.05) is 80.4 Å². The summed E-state index contributed by atoms with van der Waals surface area (Å²) in [6.45, 7) is 8.61. The minimum atomic E-state index is 1.04. The molecule has 24 heavy (non-hydrogen) atoms. The van der Waals surface area contributed by atoms with Crippen molar-refractivity contribution in [3.63, 3.8) is 0 Å². The van der Waals surface area contributed by atoms with E-state index in [0.717, 1.165) is 25.6 Å². The Labute approximate surface area is 160 Å². The largest absolute Gasteiger partial charge is 0.0905 e. The van der Waals surface area contributed by atoms with E-state index < -0.39 is 0 Å². The standard InChI is InChI=1S/C22H18Br2/c1-14-4-7-17(8-5-14)16(3)20-11-10-19(24)13-22(20)21-12-18(23)9-6-15(21)2/h4-13H,3H2,1-2H3. The minimum absolute atomic E-state index is 1.04. The molecule has 3 rings (SSSR count). The number of rotatable bonds is 3. The van der Waals surface area contributed by atoms with Crippen LogP contribution in [0.1, 0.15) is 22.3 Å². The van der Waals surface area contributed by atoms with Crippen LogP contribution in [0.4, 0.5) is 0 Å². The first-order valence-electron chi connectivity index (χ1n) is 7.78. The summed E-state index contributed by atoms with van der Waals surface area (Å²) in [6.07, 6.45) is 0. The third-order valence-corrected chi connectivity index (χ3v) is 5.18. The molecule has 0 fully saturated rings. The van der Waals surface area contributed by atoms with Gasteiger partial charge in [0.2, 0.25) is 0 Å². The Morgan fingerprint density at radius 2 is 1.33 bits per heavy atom. The number of aryl methyl sites for hydroxylation is 2. The fraction of sp³-hybridized carbons (Fsp3) is 0.0909. The maximum absolute atomic E-state index is 4.37. The first kappa shape index (κ1) is 17.2. The summed E-state index contributed by atoms with van der Waals surface area (Å²) < 4.78 is 2.15. The third kappa shape index (κ3) is 3.55. The van der Waals surface area contributed by atoms with E-state index in [9.17, 15) is 0 Å². The smallest absolute Gasteiger partial charge is 0.0181 e. The number of benzene rings is 3. The predicted molar refractivity (Wildman–Crippen MR) is 111 cm³/mol. The molecule has 0 spiro atoms. The highest BCUT2D eigenvalue weighted by Gasteiger charge is 2.13. The lowest BCUT2D eigenvalue weighted by Gasteiger charge is -2.16. The van der Waals surface area contributed by atoms with E-state index in [1.807, 2.05) is 0 Å². The Bertz CT molecular complexity index is 906. The van der Waals surface area contributed by atoms with E-state index in [-0.39, 0.29) is 0 Å². The van der Waals surface area contributed by atoms with Gasteiger partial charge in [0.05, 0.1) is 0 Å². The summed E-state index contributed by atoms with van der Waals surface area (Å²) in [5.41, 5.74) is 8.25. The molecule has 3 aromatic rings. The second kappa shape index (κ2) is 7.08. The third-order valence-electron chi connectivity index (χ3n) is 4.20. The number of halogens is 2. The van der Waals surface area contributed by atoms with E-state index >= 15 is 0 Å². The van der Waals surface area contributed by atoms with Crippen molar-refractivity contribution in [1.29, 1.82) is 0 Å². The molecule has 0 atom stereocenters. The molecule has 0 aliphatic heterocycles. The SMILES string of the molecule is C=C(c1ccc(C)cc1)c1ccc(Br)cc1-c1cc(Br)ccc1C.